The Balaban J connectivity index is 2.34. The van der Waals surface area contributed by atoms with Crippen molar-refractivity contribution in [3.63, 3.8) is 0 Å². The Morgan fingerprint density at radius 2 is 2.10 bits per heavy atom. The zero-order chi connectivity index (χ0) is 7.78. The van der Waals surface area contributed by atoms with Gasteiger partial charge in [0, 0.05) is 25.7 Å². The molecule has 56 valence electrons. The van der Waals surface area contributed by atoms with Gasteiger partial charge in [-0.3, -0.25) is 0 Å². The number of hydrogen-bond donors (Lipinski definition) is 0. The summed E-state index contributed by atoms with van der Waals surface area (Å²) in [5.41, 5.74) is 0. The third kappa shape index (κ3) is 1.26. The maximum atomic E-state index is 12.2. The van der Waals surface area contributed by atoms with Crippen LogP contribution in [0.4, 0.5) is 8.78 Å². The summed E-state index contributed by atoms with van der Waals surface area (Å²) in [6, 6.07) is -0.223. The molecule has 0 aliphatic heterocycles. The molecule has 0 aromatic carbocycles. The van der Waals surface area contributed by atoms with Crippen LogP contribution in [0.25, 0.3) is 4.85 Å². The van der Waals surface area contributed by atoms with Gasteiger partial charge in [-0.05, 0) is 0 Å². The molecule has 0 radical (unpaired) electrons. The lowest BCUT2D eigenvalue weighted by atomic mass is 9.77. The highest BCUT2D eigenvalue weighted by molar-refractivity contribution is 4.95. The number of halogens is 2. The van der Waals surface area contributed by atoms with Gasteiger partial charge < -0.3 is 4.85 Å². The molecular formula is C7H9F2N. The van der Waals surface area contributed by atoms with E-state index in [2.05, 4.69) is 4.85 Å². The van der Waals surface area contributed by atoms with Gasteiger partial charge >= 0.3 is 0 Å². The SMILES string of the molecule is [C-]#[N+]C(C)C1CC(F)(F)C1. The van der Waals surface area contributed by atoms with Crippen LogP contribution in [0.2, 0.25) is 0 Å². The predicted molar refractivity (Wildman–Crippen MR) is 33.7 cm³/mol. The minimum atomic E-state index is -2.47. The van der Waals surface area contributed by atoms with Crippen LogP contribution >= 0.6 is 0 Å². The summed E-state index contributed by atoms with van der Waals surface area (Å²) in [6.07, 6.45) is -0.174. The molecule has 0 N–H and O–H groups in total. The van der Waals surface area contributed by atoms with Crippen molar-refractivity contribution in [1.29, 1.82) is 0 Å². The first-order chi connectivity index (χ1) is 4.55. The first kappa shape index (κ1) is 7.46. The van der Waals surface area contributed by atoms with E-state index >= 15 is 0 Å². The Hall–Kier alpha value is -0.650. The van der Waals surface area contributed by atoms with Crippen LogP contribution in [-0.2, 0) is 0 Å². The van der Waals surface area contributed by atoms with Crippen molar-refractivity contribution >= 4 is 0 Å². The number of rotatable bonds is 1. The van der Waals surface area contributed by atoms with E-state index in [9.17, 15) is 8.78 Å². The van der Waals surface area contributed by atoms with Crippen LogP contribution in [0.1, 0.15) is 19.8 Å². The molecule has 0 saturated heterocycles. The number of hydrogen-bond acceptors (Lipinski definition) is 0. The molecule has 1 aliphatic carbocycles. The van der Waals surface area contributed by atoms with Gasteiger partial charge in [0.1, 0.15) is 0 Å². The van der Waals surface area contributed by atoms with Gasteiger partial charge in [0.15, 0.2) is 0 Å². The minimum Gasteiger partial charge on any atom is -0.314 e. The van der Waals surface area contributed by atoms with E-state index in [-0.39, 0.29) is 24.8 Å². The summed E-state index contributed by atoms with van der Waals surface area (Å²) < 4.78 is 24.4. The zero-order valence-electron chi connectivity index (χ0n) is 5.77. The molecular weight excluding hydrogens is 136 g/mol. The van der Waals surface area contributed by atoms with E-state index in [1.54, 1.807) is 6.92 Å². The van der Waals surface area contributed by atoms with E-state index in [1.807, 2.05) is 0 Å². The normalized spacial score (nSPS) is 26.6. The van der Waals surface area contributed by atoms with Crippen LogP contribution in [0, 0.1) is 12.5 Å². The van der Waals surface area contributed by atoms with Gasteiger partial charge in [-0.15, -0.1) is 0 Å². The molecule has 1 atom stereocenters. The molecule has 0 aromatic rings. The summed E-state index contributed by atoms with van der Waals surface area (Å²) in [6.45, 7) is 8.29. The van der Waals surface area contributed by atoms with Gasteiger partial charge in [-0.25, -0.2) is 15.4 Å². The van der Waals surface area contributed by atoms with E-state index < -0.39 is 5.92 Å². The fourth-order valence-electron chi connectivity index (χ4n) is 1.15. The minimum absolute atomic E-state index is 0.0625. The van der Waals surface area contributed by atoms with Crippen molar-refractivity contribution in [2.75, 3.05) is 0 Å². The van der Waals surface area contributed by atoms with E-state index in [0.717, 1.165) is 0 Å². The molecule has 0 bridgehead atoms. The smallest absolute Gasteiger partial charge is 0.249 e. The highest BCUT2D eigenvalue weighted by Crippen LogP contribution is 2.44. The van der Waals surface area contributed by atoms with E-state index in [0.29, 0.717) is 0 Å². The molecule has 0 amide bonds. The molecule has 1 saturated carbocycles. The molecule has 1 fully saturated rings. The number of alkyl halides is 2. The number of nitrogens with zero attached hydrogens (tertiary/aromatic N) is 1. The Morgan fingerprint density at radius 3 is 2.40 bits per heavy atom. The average Bonchev–Trinajstić information content (AvgIpc) is 1.81. The third-order valence-corrected chi connectivity index (χ3v) is 2.01. The van der Waals surface area contributed by atoms with Gasteiger partial charge in [0.2, 0.25) is 12.0 Å². The molecule has 0 aromatic heterocycles. The summed E-state index contributed by atoms with van der Waals surface area (Å²) in [7, 11) is 0. The van der Waals surface area contributed by atoms with Crippen molar-refractivity contribution in [1.82, 2.24) is 0 Å². The lowest BCUT2D eigenvalue weighted by molar-refractivity contribution is -0.112. The molecule has 0 spiro atoms. The quantitative estimate of drug-likeness (QED) is 0.499. The molecule has 0 heterocycles. The van der Waals surface area contributed by atoms with Crippen LogP contribution in [0.15, 0.2) is 0 Å². The van der Waals surface area contributed by atoms with Crippen molar-refractivity contribution in [2.24, 2.45) is 5.92 Å². The van der Waals surface area contributed by atoms with Crippen LogP contribution in [0.5, 0.6) is 0 Å². The van der Waals surface area contributed by atoms with Crippen molar-refractivity contribution in [3.8, 4) is 0 Å². The molecule has 1 aliphatic rings. The topological polar surface area (TPSA) is 4.36 Å². The van der Waals surface area contributed by atoms with Crippen molar-refractivity contribution in [2.45, 2.75) is 31.7 Å². The van der Waals surface area contributed by atoms with Gasteiger partial charge in [0.25, 0.3) is 0 Å². The fraction of sp³-hybridized carbons (Fsp3) is 0.857. The Labute approximate surface area is 58.9 Å². The zero-order valence-corrected chi connectivity index (χ0v) is 5.77. The van der Waals surface area contributed by atoms with Crippen molar-refractivity contribution in [3.05, 3.63) is 11.4 Å². The van der Waals surface area contributed by atoms with Crippen LogP contribution in [-0.4, -0.2) is 12.0 Å². The predicted octanol–water partition coefficient (Wildman–Crippen LogP) is 2.34. The molecule has 1 rings (SSSR count). The summed E-state index contributed by atoms with van der Waals surface area (Å²) >= 11 is 0. The second-order valence-corrected chi connectivity index (χ2v) is 2.89. The largest absolute Gasteiger partial charge is 0.314 e. The lowest BCUT2D eigenvalue weighted by Crippen LogP contribution is -2.39. The second-order valence-electron chi connectivity index (χ2n) is 2.89. The summed E-state index contributed by atoms with van der Waals surface area (Å²) in [5, 5.41) is 0. The average molecular weight is 145 g/mol. The van der Waals surface area contributed by atoms with E-state index in [1.165, 1.54) is 0 Å². The summed E-state index contributed by atoms with van der Waals surface area (Å²) in [4.78, 5) is 3.19. The third-order valence-electron chi connectivity index (χ3n) is 2.01. The van der Waals surface area contributed by atoms with Crippen molar-refractivity contribution < 1.29 is 8.78 Å². The molecule has 10 heavy (non-hydrogen) atoms. The van der Waals surface area contributed by atoms with E-state index in [4.69, 9.17) is 6.57 Å². The Kier molecular flexibility index (Phi) is 1.63. The highest BCUT2D eigenvalue weighted by atomic mass is 19.3. The highest BCUT2D eigenvalue weighted by Gasteiger charge is 2.49. The maximum absolute atomic E-state index is 12.2. The fourth-order valence-corrected chi connectivity index (χ4v) is 1.15. The maximum Gasteiger partial charge on any atom is 0.249 e. The van der Waals surface area contributed by atoms with Crippen LogP contribution in [0.3, 0.4) is 0 Å². The van der Waals surface area contributed by atoms with Gasteiger partial charge in [0.05, 0.1) is 0 Å². The Bertz CT molecular complexity index is 163. The van der Waals surface area contributed by atoms with Gasteiger partial charge in [-0.1, -0.05) is 0 Å². The Morgan fingerprint density at radius 1 is 1.60 bits per heavy atom. The van der Waals surface area contributed by atoms with Crippen LogP contribution < -0.4 is 0 Å². The lowest BCUT2D eigenvalue weighted by Gasteiger charge is -2.33. The molecule has 3 heteroatoms. The second kappa shape index (κ2) is 2.19. The molecule has 1 unspecified atom stereocenters. The molecule has 1 nitrogen and oxygen atoms in total. The van der Waals surface area contributed by atoms with Gasteiger partial charge in [-0.2, -0.15) is 0 Å². The monoisotopic (exact) mass is 145 g/mol. The first-order valence-electron chi connectivity index (χ1n) is 3.29. The standard InChI is InChI=1S/C7H9F2N/c1-5(10-2)6-3-7(8,9)4-6/h5-6H,3-4H2,1H3. The first-order valence-corrected chi connectivity index (χ1v) is 3.29. The summed E-state index contributed by atoms with van der Waals surface area (Å²) in [5.74, 6) is -2.53.